The third-order valence-electron chi connectivity index (χ3n) is 7.36. The summed E-state index contributed by atoms with van der Waals surface area (Å²) in [4.78, 5) is 32.0. The molecule has 3 aliphatic rings. The van der Waals surface area contributed by atoms with Crippen molar-refractivity contribution in [1.29, 1.82) is 0 Å². The van der Waals surface area contributed by atoms with Crippen LogP contribution >= 0.6 is 0 Å². The summed E-state index contributed by atoms with van der Waals surface area (Å²) in [5, 5.41) is 13.0. The first-order valence-electron chi connectivity index (χ1n) is 12.4. The third kappa shape index (κ3) is 4.76. The second-order valence-corrected chi connectivity index (χ2v) is 11.8. The van der Waals surface area contributed by atoms with E-state index < -0.39 is 44.4 Å². The summed E-state index contributed by atoms with van der Waals surface area (Å²) in [6.07, 6.45) is 3.13. The Bertz CT molecular complexity index is 1380. The molecule has 1 saturated carbocycles. The van der Waals surface area contributed by atoms with Crippen molar-refractivity contribution in [2.75, 3.05) is 39.8 Å². The summed E-state index contributed by atoms with van der Waals surface area (Å²) in [5.74, 6) is -2.03. The van der Waals surface area contributed by atoms with Crippen LogP contribution in [0.4, 0.5) is 4.39 Å². The number of hydrogen-bond donors (Lipinski definition) is 2. The Labute approximate surface area is 213 Å². The van der Waals surface area contributed by atoms with Crippen molar-refractivity contribution in [2.24, 2.45) is 0 Å². The summed E-state index contributed by atoms with van der Waals surface area (Å²) in [7, 11) is -2.01. The van der Waals surface area contributed by atoms with Gasteiger partial charge in [0.15, 0.2) is 5.69 Å². The summed E-state index contributed by atoms with van der Waals surface area (Å²) in [6.45, 7) is 2.05. The number of aromatic hydroxyl groups is 1. The molecule has 2 aliphatic heterocycles. The molecular weight excluding hydrogens is 505 g/mol. The normalized spacial score (nSPS) is 20.2. The molecule has 2 aromatic rings. The number of ether oxygens (including phenoxy) is 1. The zero-order valence-electron chi connectivity index (χ0n) is 20.6. The second kappa shape index (κ2) is 9.78. The van der Waals surface area contributed by atoms with Crippen molar-refractivity contribution >= 4 is 15.9 Å². The van der Waals surface area contributed by atoms with E-state index in [1.807, 2.05) is 11.9 Å². The lowest BCUT2D eigenvalue weighted by Gasteiger charge is -2.35. The van der Waals surface area contributed by atoms with Gasteiger partial charge in [0.05, 0.1) is 18.0 Å². The summed E-state index contributed by atoms with van der Waals surface area (Å²) in [6, 6.07) is 3.39. The minimum Gasteiger partial charge on any atom is -0.501 e. The van der Waals surface area contributed by atoms with Gasteiger partial charge in [0.2, 0.25) is 15.8 Å². The molecule has 0 bridgehead atoms. The highest BCUT2D eigenvalue weighted by Crippen LogP contribution is 2.43. The fraction of sp³-hybridized carbons (Fsp3) is 0.542. The molecule has 0 atom stereocenters. The summed E-state index contributed by atoms with van der Waals surface area (Å²) in [5.41, 5.74) is -1.69. The van der Waals surface area contributed by atoms with E-state index in [9.17, 15) is 27.5 Å². The summed E-state index contributed by atoms with van der Waals surface area (Å²) >= 11 is 0. The van der Waals surface area contributed by atoms with E-state index >= 15 is 0 Å². The number of aromatic nitrogens is 2. The lowest BCUT2D eigenvalue weighted by Crippen LogP contribution is -2.47. The minimum atomic E-state index is -3.91. The predicted molar refractivity (Wildman–Crippen MR) is 130 cm³/mol. The van der Waals surface area contributed by atoms with Crippen LogP contribution in [-0.4, -0.2) is 78.0 Å². The van der Waals surface area contributed by atoms with Gasteiger partial charge >= 0.3 is 0 Å². The SMILES string of the molecule is CN1CCN(S(=O)(=O)c2cc(F)cc(CNC(=O)c3nc4n(c(=O)c3O)CCOC43CCCC3)c2)CC1. The number of nitrogens with zero attached hydrogens (tertiary/aromatic N) is 4. The number of carbonyl (C=O) groups excluding carboxylic acids is 1. The van der Waals surface area contributed by atoms with E-state index in [1.165, 1.54) is 14.9 Å². The van der Waals surface area contributed by atoms with Crippen LogP contribution in [0.3, 0.4) is 0 Å². The number of halogens is 1. The Morgan fingerprint density at radius 3 is 2.57 bits per heavy atom. The average Bonchev–Trinajstić information content (AvgIpc) is 3.34. The fourth-order valence-electron chi connectivity index (χ4n) is 5.28. The quantitative estimate of drug-likeness (QED) is 0.573. The minimum absolute atomic E-state index is 0.199. The molecule has 1 spiro atoms. The van der Waals surface area contributed by atoms with E-state index in [-0.39, 0.29) is 23.5 Å². The lowest BCUT2D eigenvalue weighted by atomic mass is 9.99. The molecule has 2 N–H and O–H groups in total. The maximum atomic E-state index is 14.4. The van der Waals surface area contributed by atoms with E-state index in [1.54, 1.807) is 0 Å². The number of carbonyl (C=O) groups is 1. The molecule has 3 heterocycles. The smallest absolute Gasteiger partial charge is 0.296 e. The van der Waals surface area contributed by atoms with Gasteiger partial charge in [0.1, 0.15) is 17.2 Å². The molecule has 0 radical (unpaired) electrons. The molecule has 1 saturated heterocycles. The van der Waals surface area contributed by atoms with Crippen molar-refractivity contribution in [3.8, 4) is 5.75 Å². The van der Waals surface area contributed by atoms with E-state index in [2.05, 4.69) is 10.3 Å². The van der Waals surface area contributed by atoms with Crippen molar-refractivity contribution in [1.82, 2.24) is 24.1 Å². The molecule has 0 unspecified atom stereocenters. The largest absolute Gasteiger partial charge is 0.501 e. The first kappa shape index (κ1) is 25.8. The first-order valence-corrected chi connectivity index (χ1v) is 13.8. The van der Waals surface area contributed by atoms with Crippen LogP contribution in [0.5, 0.6) is 5.75 Å². The molecule has 11 nitrogen and oxygen atoms in total. The molecule has 1 aromatic carbocycles. The molecule has 2 fully saturated rings. The zero-order chi connectivity index (χ0) is 26.4. The number of fused-ring (bicyclic) bond motifs is 2. The number of nitrogens with one attached hydrogen (secondary N) is 1. The summed E-state index contributed by atoms with van der Waals surface area (Å²) < 4.78 is 49.2. The number of piperazine rings is 1. The highest BCUT2D eigenvalue weighted by atomic mass is 32.2. The second-order valence-electron chi connectivity index (χ2n) is 9.82. The molecular formula is C24H30FN5O6S. The molecule has 1 aromatic heterocycles. The van der Waals surface area contributed by atoms with Crippen molar-refractivity contribution in [3.63, 3.8) is 0 Å². The van der Waals surface area contributed by atoms with Gasteiger partial charge in [0.25, 0.3) is 11.5 Å². The number of benzene rings is 1. The topological polar surface area (TPSA) is 134 Å². The monoisotopic (exact) mass is 535 g/mol. The highest BCUT2D eigenvalue weighted by molar-refractivity contribution is 7.89. The van der Waals surface area contributed by atoms with E-state index in [0.717, 1.165) is 25.0 Å². The first-order chi connectivity index (χ1) is 17.6. The Balaban J connectivity index is 1.38. The van der Waals surface area contributed by atoms with Crippen molar-refractivity contribution in [2.45, 2.75) is 49.3 Å². The van der Waals surface area contributed by atoms with Crippen LogP contribution in [0, 0.1) is 5.82 Å². The van der Waals surface area contributed by atoms with Gasteiger partial charge < -0.3 is 20.1 Å². The Morgan fingerprint density at radius 2 is 1.86 bits per heavy atom. The predicted octanol–water partition coefficient (Wildman–Crippen LogP) is 0.754. The molecule has 200 valence electrons. The number of rotatable bonds is 5. The van der Waals surface area contributed by atoms with Crippen molar-refractivity contribution in [3.05, 3.63) is 51.5 Å². The number of sulfonamides is 1. The van der Waals surface area contributed by atoms with Crippen LogP contribution in [0.2, 0.25) is 0 Å². The number of likely N-dealkylation sites (N-methyl/N-ethyl adjacent to an activating group) is 1. The van der Waals surface area contributed by atoms with Gasteiger partial charge in [-0.2, -0.15) is 4.31 Å². The van der Waals surface area contributed by atoms with Crippen LogP contribution in [-0.2, 0) is 33.5 Å². The Morgan fingerprint density at radius 1 is 1.16 bits per heavy atom. The van der Waals surface area contributed by atoms with Gasteiger partial charge in [-0.15, -0.1) is 0 Å². The average molecular weight is 536 g/mol. The highest BCUT2D eigenvalue weighted by Gasteiger charge is 2.44. The molecule has 13 heteroatoms. The molecule has 37 heavy (non-hydrogen) atoms. The third-order valence-corrected chi connectivity index (χ3v) is 9.23. The van der Waals surface area contributed by atoms with Gasteiger partial charge in [0, 0.05) is 32.7 Å². The van der Waals surface area contributed by atoms with Crippen molar-refractivity contribution < 1.29 is 27.4 Å². The maximum Gasteiger partial charge on any atom is 0.296 e. The lowest BCUT2D eigenvalue weighted by molar-refractivity contribution is -0.0789. The zero-order valence-corrected chi connectivity index (χ0v) is 21.4. The van der Waals surface area contributed by atoms with Gasteiger partial charge in [-0.05, 0) is 56.5 Å². The van der Waals surface area contributed by atoms with E-state index in [0.29, 0.717) is 51.5 Å². The van der Waals surface area contributed by atoms with Crippen LogP contribution in [0.25, 0.3) is 0 Å². The Kier molecular flexibility index (Phi) is 6.81. The van der Waals surface area contributed by atoms with Crippen LogP contribution in [0.15, 0.2) is 27.9 Å². The maximum absolute atomic E-state index is 14.4. The standard InChI is InChI=1S/C24H30FN5O6S/c1-28-6-8-29(9-7-28)37(34,35)18-13-16(12-17(25)14-18)15-26-21(32)19-20(31)22(33)30-10-11-36-24(23(30)27-19)4-2-3-5-24/h12-14,31H,2-11,15H2,1H3,(H,26,32). The molecule has 1 amide bonds. The van der Waals surface area contributed by atoms with Crippen LogP contribution in [0.1, 0.15) is 47.6 Å². The molecule has 5 rings (SSSR count). The van der Waals surface area contributed by atoms with Gasteiger partial charge in [-0.25, -0.2) is 17.8 Å². The molecule has 1 aliphatic carbocycles. The number of hydrogen-bond acceptors (Lipinski definition) is 8. The Hall–Kier alpha value is -2.87. The van der Waals surface area contributed by atoms with Crippen LogP contribution < -0.4 is 10.9 Å². The van der Waals surface area contributed by atoms with Gasteiger partial charge in [-0.3, -0.25) is 14.2 Å². The van der Waals surface area contributed by atoms with Gasteiger partial charge in [-0.1, -0.05) is 0 Å². The number of amides is 1. The fourth-order valence-corrected chi connectivity index (χ4v) is 6.79. The van der Waals surface area contributed by atoms with E-state index in [4.69, 9.17) is 4.74 Å².